The van der Waals surface area contributed by atoms with Crippen molar-refractivity contribution in [3.8, 4) is 11.1 Å². The third-order valence-corrected chi connectivity index (χ3v) is 7.53. The molecule has 2 fully saturated rings. The lowest BCUT2D eigenvalue weighted by molar-refractivity contribution is 0.00791. The minimum Gasteiger partial charge on any atom is -0.379 e. The van der Waals surface area contributed by atoms with Gasteiger partial charge in [-0.1, -0.05) is 6.07 Å². The van der Waals surface area contributed by atoms with Crippen molar-refractivity contribution in [2.24, 2.45) is 0 Å². The van der Waals surface area contributed by atoms with Crippen LogP contribution in [0.3, 0.4) is 0 Å². The molecule has 7 heteroatoms. The van der Waals surface area contributed by atoms with Gasteiger partial charge in [0.15, 0.2) is 0 Å². The average molecular weight is 434 g/mol. The van der Waals surface area contributed by atoms with Crippen molar-refractivity contribution in [3.05, 3.63) is 41.4 Å². The van der Waals surface area contributed by atoms with Gasteiger partial charge in [0.1, 0.15) is 17.8 Å². The third-order valence-electron chi connectivity index (χ3n) is 6.84. The molecule has 4 heterocycles. The molecule has 1 aliphatic carbocycles. The first kappa shape index (κ1) is 19.2. The maximum absolute atomic E-state index is 5.52. The zero-order valence-electron chi connectivity index (χ0n) is 17.5. The van der Waals surface area contributed by atoms with E-state index >= 15 is 0 Å². The first-order valence-corrected chi connectivity index (χ1v) is 12.2. The molecule has 1 aromatic carbocycles. The van der Waals surface area contributed by atoms with Gasteiger partial charge in [-0.25, -0.2) is 9.97 Å². The first-order chi connectivity index (χ1) is 15.3. The molecule has 1 saturated heterocycles. The van der Waals surface area contributed by atoms with Gasteiger partial charge in [-0.15, -0.1) is 0 Å². The molecule has 0 unspecified atom stereocenters. The Hall–Kier alpha value is -2.48. The van der Waals surface area contributed by atoms with Gasteiger partial charge in [0, 0.05) is 36.1 Å². The molecular weight excluding hydrogens is 406 g/mol. The number of morpholine rings is 1. The predicted octanol–water partition coefficient (Wildman–Crippen LogP) is 4.89. The summed E-state index contributed by atoms with van der Waals surface area (Å²) in [6.45, 7) is 3.92. The number of fused-ring (bicyclic) bond motifs is 3. The van der Waals surface area contributed by atoms with Crippen LogP contribution >= 0.6 is 11.3 Å². The third kappa shape index (κ3) is 3.71. The van der Waals surface area contributed by atoms with E-state index in [1.54, 1.807) is 17.7 Å². The second-order valence-electron chi connectivity index (χ2n) is 8.64. The number of hydrogen-bond acceptors (Lipinski definition) is 6. The number of ether oxygens (including phenoxy) is 1. The molecule has 3 aromatic heterocycles. The lowest BCUT2D eigenvalue weighted by Gasteiger charge is -2.39. The quantitative estimate of drug-likeness (QED) is 0.479. The summed E-state index contributed by atoms with van der Waals surface area (Å²) in [5.74, 6) is 0.952. The van der Waals surface area contributed by atoms with E-state index in [9.17, 15) is 0 Å². The number of hydrogen-bond donors (Lipinski definition) is 2. The number of anilines is 1. The lowest BCUT2D eigenvalue weighted by atomic mass is 9.90. The van der Waals surface area contributed by atoms with Crippen molar-refractivity contribution in [1.29, 1.82) is 0 Å². The monoisotopic (exact) mass is 433 g/mol. The first-order valence-electron chi connectivity index (χ1n) is 11.2. The number of nitrogens with one attached hydrogen (secondary N) is 2. The van der Waals surface area contributed by atoms with Crippen LogP contribution in [0.5, 0.6) is 0 Å². The van der Waals surface area contributed by atoms with Crippen molar-refractivity contribution in [2.75, 3.05) is 31.6 Å². The maximum atomic E-state index is 5.52. The molecule has 0 radical (unpaired) electrons. The second kappa shape index (κ2) is 8.22. The molecular formula is C24H27N5OS. The Morgan fingerprint density at radius 2 is 1.90 bits per heavy atom. The highest BCUT2D eigenvalue weighted by Gasteiger charge is 2.27. The summed E-state index contributed by atoms with van der Waals surface area (Å²) in [5.41, 5.74) is 4.50. The van der Waals surface area contributed by atoms with Gasteiger partial charge >= 0.3 is 0 Å². The molecule has 2 N–H and O–H groups in total. The van der Waals surface area contributed by atoms with Crippen molar-refractivity contribution >= 4 is 39.1 Å². The molecule has 31 heavy (non-hydrogen) atoms. The van der Waals surface area contributed by atoms with Crippen LogP contribution in [0, 0.1) is 0 Å². The number of thiophene rings is 1. The van der Waals surface area contributed by atoms with E-state index in [2.05, 4.69) is 60.2 Å². The van der Waals surface area contributed by atoms with E-state index in [1.165, 1.54) is 42.2 Å². The van der Waals surface area contributed by atoms with Crippen LogP contribution in [-0.2, 0) is 4.74 Å². The van der Waals surface area contributed by atoms with Crippen LogP contribution in [0.1, 0.15) is 25.7 Å². The largest absolute Gasteiger partial charge is 0.379 e. The molecule has 4 aromatic rings. The number of H-pyrrole nitrogens is 1. The Bertz CT molecular complexity index is 1170. The minimum absolute atomic E-state index is 0.459. The van der Waals surface area contributed by atoms with Gasteiger partial charge in [-0.3, -0.25) is 4.90 Å². The van der Waals surface area contributed by atoms with Crippen molar-refractivity contribution in [2.45, 2.75) is 37.8 Å². The summed E-state index contributed by atoms with van der Waals surface area (Å²) < 4.78 is 5.52. The average Bonchev–Trinajstić information content (AvgIpc) is 3.48. The van der Waals surface area contributed by atoms with Gasteiger partial charge in [-0.05, 0) is 65.8 Å². The fraction of sp³-hybridized carbons (Fsp3) is 0.417. The Balaban J connectivity index is 1.26. The summed E-state index contributed by atoms with van der Waals surface area (Å²) in [6, 6.07) is 9.92. The van der Waals surface area contributed by atoms with Crippen LogP contribution in [0.15, 0.2) is 41.4 Å². The molecule has 0 amide bonds. The smallest absolute Gasteiger partial charge is 0.143 e. The summed E-state index contributed by atoms with van der Waals surface area (Å²) in [4.78, 5) is 15.3. The summed E-state index contributed by atoms with van der Waals surface area (Å²) in [7, 11) is 0. The standard InChI is InChI=1S/C24H27N5OS/c1-6-21-20(13-16(1)17-7-12-31-14-17)22-23(25-15-26-24(22)28-21)27-18-2-4-19(5-3-18)29-8-10-30-11-9-29/h1,6-7,12-15,18-19H,2-5,8-11H2,(H2,25,26,27,28)/t18-,19-. The lowest BCUT2D eigenvalue weighted by Crippen LogP contribution is -2.46. The Labute approximate surface area is 185 Å². The van der Waals surface area contributed by atoms with Gasteiger partial charge in [-0.2, -0.15) is 11.3 Å². The van der Waals surface area contributed by atoms with E-state index in [4.69, 9.17) is 4.74 Å². The fourth-order valence-electron chi connectivity index (χ4n) is 5.16. The van der Waals surface area contributed by atoms with Gasteiger partial charge in [0.25, 0.3) is 0 Å². The highest BCUT2D eigenvalue weighted by atomic mass is 32.1. The maximum Gasteiger partial charge on any atom is 0.143 e. The Kier molecular flexibility index (Phi) is 5.10. The van der Waals surface area contributed by atoms with Crippen LogP contribution in [0.2, 0.25) is 0 Å². The second-order valence-corrected chi connectivity index (χ2v) is 9.42. The number of benzene rings is 1. The predicted molar refractivity (Wildman–Crippen MR) is 127 cm³/mol. The van der Waals surface area contributed by atoms with Crippen LogP contribution < -0.4 is 5.32 Å². The zero-order chi connectivity index (χ0) is 20.6. The number of aromatic amines is 1. The number of aromatic nitrogens is 3. The van der Waals surface area contributed by atoms with Crippen LogP contribution in [0.25, 0.3) is 33.1 Å². The molecule has 0 spiro atoms. The van der Waals surface area contributed by atoms with Crippen molar-refractivity contribution in [3.63, 3.8) is 0 Å². The highest BCUT2D eigenvalue weighted by Crippen LogP contribution is 2.34. The summed E-state index contributed by atoms with van der Waals surface area (Å²) in [6.07, 6.45) is 6.50. The van der Waals surface area contributed by atoms with E-state index in [0.717, 1.165) is 48.7 Å². The van der Waals surface area contributed by atoms with Crippen molar-refractivity contribution < 1.29 is 4.74 Å². The SMILES string of the molecule is c1nc(N[C@H]2CC[C@H](N3CCOCC3)CC2)c2c(n1)[nH]c1ccc(-c3ccsc3)cc12. The molecule has 6 rings (SSSR count). The topological polar surface area (TPSA) is 66.1 Å². The van der Waals surface area contributed by atoms with E-state index in [0.29, 0.717) is 12.1 Å². The zero-order valence-corrected chi connectivity index (χ0v) is 18.3. The highest BCUT2D eigenvalue weighted by molar-refractivity contribution is 7.08. The Morgan fingerprint density at radius 1 is 1.03 bits per heavy atom. The van der Waals surface area contributed by atoms with Crippen LogP contribution in [0.4, 0.5) is 5.82 Å². The molecule has 6 nitrogen and oxygen atoms in total. The molecule has 1 aliphatic heterocycles. The molecule has 0 atom stereocenters. The summed E-state index contributed by atoms with van der Waals surface area (Å²) >= 11 is 1.73. The van der Waals surface area contributed by atoms with E-state index in [1.807, 2.05) is 0 Å². The molecule has 1 saturated carbocycles. The minimum atomic E-state index is 0.459. The number of nitrogens with zero attached hydrogens (tertiary/aromatic N) is 3. The van der Waals surface area contributed by atoms with Gasteiger partial charge < -0.3 is 15.0 Å². The molecule has 160 valence electrons. The van der Waals surface area contributed by atoms with E-state index < -0.39 is 0 Å². The summed E-state index contributed by atoms with van der Waals surface area (Å²) in [5, 5.41) is 10.4. The fourth-order valence-corrected chi connectivity index (χ4v) is 5.83. The number of rotatable bonds is 4. The normalized spacial score (nSPS) is 22.8. The Morgan fingerprint density at radius 3 is 2.71 bits per heavy atom. The molecule has 2 aliphatic rings. The van der Waals surface area contributed by atoms with Crippen molar-refractivity contribution in [1.82, 2.24) is 19.9 Å². The van der Waals surface area contributed by atoms with Gasteiger partial charge in [0.05, 0.1) is 18.6 Å². The van der Waals surface area contributed by atoms with Gasteiger partial charge in [0.2, 0.25) is 0 Å². The van der Waals surface area contributed by atoms with E-state index in [-0.39, 0.29) is 0 Å². The molecule has 0 bridgehead atoms. The van der Waals surface area contributed by atoms with Crippen LogP contribution in [-0.4, -0.2) is 58.2 Å².